The molecule has 0 amide bonds. The van der Waals surface area contributed by atoms with Crippen molar-refractivity contribution >= 4 is 27.8 Å². The first-order chi connectivity index (χ1) is 7.34. The topological polar surface area (TPSA) is 55.2 Å². The summed E-state index contributed by atoms with van der Waals surface area (Å²) in [6.07, 6.45) is 3.50. The molecule has 0 atom stereocenters. The summed E-state index contributed by atoms with van der Waals surface area (Å²) in [6, 6.07) is 5.94. The summed E-state index contributed by atoms with van der Waals surface area (Å²) in [4.78, 5) is 14.2. The molecular weight excluding hydrogens is 210 g/mol. The summed E-state index contributed by atoms with van der Waals surface area (Å²) in [5.74, 6) is 0. The molecule has 1 aromatic carbocycles. The fourth-order valence-corrected chi connectivity index (χ4v) is 2.28. The second-order valence-corrected chi connectivity index (χ2v) is 4.48. The molecule has 0 saturated heterocycles. The number of fused-ring (bicyclic) bond motifs is 1. The Hall–Kier alpha value is -1.58. The van der Waals surface area contributed by atoms with Crippen molar-refractivity contribution in [2.45, 2.75) is 18.4 Å². The van der Waals surface area contributed by atoms with Gasteiger partial charge in [-0.05, 0) is 42.1 Å². The van der Waals surface area contributed by atoms with E-state index in [9.17, 15) is 4.79 Å². The van der Waals surface area contributed by atoms with Crippen molar-refractivity contribution < 1.29 is 4.79 Å². The van der Waals surface area contributed by atoms with Gasteiger partial charge in [-0.3, -0.25) is 0 Å². The third-order valence-electron chi connectivity index (χ3n) is 2.77. The van der Waals surface area contributed by atoms with Crippen LogP contribution in [0.3, 0.4) is 0 Å². The van der Waals surface area contributed by atoms with Crippen LogP contribution in [0.2, 0.25) is 0 Å². The quantitative estimate of drug-likeness (QED) is 0.571. The van der Waals surface area contributed by atoms with Crippen LogP contribution in [0.25, 0.3) is 10.2 Å². The Balaban J connectivity index is 2.15. The maximum absolute atomic E-state index is 10.3. The third kappa shape index (κ3) is 1.28. The average molecular weight is 217 g/mol. The molecule has 1 aliphatic rings. The number of hydrogen-bond donors (Lipinski definition) is 0. The van der Waals surface area contributed by atoms with Gasteiger partial charge in [0, 0.05) is 0 Å². The fraction of sp³-hybridized carbons (Fsp3) is 0.300. The smallest absolute Gasteiger partial charge is 0.211 e. The standard InChI is InChI=1S/C10H7N3OS/c14-6-11-10(3-4-10)7-1-2-9-8(5-7)12-13-15-9/h1-2,5H,3-4H2. The van der Waals surface area contributed by atoms with Gasteiger partial charge in [0.25, 0.3) is 0 Å². The lowest BCUT2D eigenvalue weighted by Gasteiger charge is -2.06. The van der Waals surface area contributed by atoms with E-state index in [-0.39, 0.29) is 5.54 Å². The Bertz CT molecular complexity index is 567. The first-order valence-electron chi connectivity index (χ1n) is 4.66. The van der Waals surface area contributed by atoms with E-state index in [4.69, 9.17) is 0 Å². The van der Waals surface area contributed by atoms with Gasteiger partial charge in [0.1, 0.15) is 5.52 Å². The molecule has 0 radical (unpaired) electrons. The maximum atomic E-state index is 10.3. The van der Waals surface area contributed by atoms with Crippen molar-refractivity contribution in [3.8, 4) is 0 Å². The lowest BCUT2D eigenvalue weighted by Crippen LogP contribution is -2.01. The molecular formula is C10H7N3OS. The highest BCUT2D eigenvalue weighted by Crippen LogP contribution is 2.49. The summed E-state index contributed by atoms with van der Waals surface area (Å²) in [6.45, 7) is 0. The van der Waals surface area contributed by atoms with Crippen molar-refractivity contribution in [2.24, 2.45) is 4.99 Å². The fourth-order valence-electron chi connectivity index (χ4n) is 1.74. The Morgan fingerprint density at radius 3 is 3.07 bits per heavy atom. The molecule has 0 bridgehead atoms. The summed E-state index contributed by atoms with van der Waals surface area (Å²) in [5, 5.41) is 4.01. The maximum Gasteiger partial charge on any atom is 0.235 e. The SMILES string of the molecule is O=C=NC1(c2ccc3snnc3c2)CC1. The van der Waals surface area contributed by atoms with Crippen molar-refractivity contribution in [1.29, 1.82) is 0 Å². The minimum atomic E-state index is -0.306. The van der Waals surface area contributed by atoms with Crippen LogP contribution in [-0.4, -0.2) is 15.7 Å². The van der Waals surface area contributed by atoms with E-state index in [2.05, 4.69) is 14.6 Å². The lowest BCUT2D eigenvalue weighted by atomic mass is 10.1. The zero-order chi connectivity index (χ0) is 10.3. The highest BCUT2D eigenvalue weighted by Gasteiger charge is 2.44. The Labute approximate surface area is 89.8 Å². The van der Waals surface area contributed by atoms with Crippen LogP contribution in [0.15, 0.2) is 23.2 Å². The molecule has 0 N–H and O–H groups in total. The molecule has 1 saturated carbocycles. The van der Waals surface area contributed by atoms with Crippen LogP contribution in [0.5, 0.6) is 0 Å². The monoisotopic (exact) mass is 217 g/mol. The molecule has 1 aromatic heterocycles. The van der Waals surface area contributed by atoms with Gasteiger partial charge in [-0.1, -0.05) is 10.6 Å². The van der Waals surface area contributed by atoms with Gasteiger partial charge in [-0.25, -0.2) is 4.79 Å². The lowest BCUT2D eigenvalue weighted by molar-refractivity contribution is 0.556. The van der Waals surface area contributed by atoms with E-state index in [1.807, 2.05) is 18.2 Å². The second-order valence-electron chi connectivity index (χ2n) is 3.69. The van der Waals surface area contributed by atoms with Crippen LogP contribution >= 0.6 is 11.5 Å². The predicted molar refractivity (Wildman–Crippen MR) is 56.4 cm³/mol. The van der Waals surface area contributed by atoms with Gasteiger partial charge >= 0.3 is 0 Å². The minimum absolute atomic E-state index is 0.306. The normalized spacial score (nSPS) is 17.3. The van der Waals surface area contributed by atoms with Crippen LogP contribution < -0.4 is 0 Å². The molecule has 0 spiro atoms. The highest BCUT2D eigenvalue weighted by atomic mass is 32.1. The van der Waals surface area contributed by atoms with E-state index in [1.165, 1.54) is 11.5 Å². The summed E-state index contributed by atoms with van der Waals surface area (Å²) < 4.78 is 4.93. The molecule has 2 aromatic rings. The van der Waals surface area contributed by atoms with Crippen molar-refractivity contribution in [1.82, 2.24) is 9.59 Å². The molecule has 5 heteroatoms. The number of benzene rings is 1. The third-order valence-corrected chi connectivity index (χ3v) is 3.47. The summed E-state index contributed by atoms with van der Waals surface area (Å²) >= 11 is 1.37. The van der Waals surface area contributed by atoms with Gasteiger partial charge in [0.2, 0.25) is 6.08 Å². The van der Waals surface area contributed by atoms with E-state index in [0.717, 1.165) is 28.6 Å². The van der Waals surface area contributed by atoms with Crippen LogP contribution in [0, 0.1) is 0 Å². The number of aliphatic imine (C=N–C) groups is 1. The molecule has 1 fully saturated rings. The largest absolute Gasteiger partial charge is 0.235 e. The van der Waals surface area contributed by atoms with E-state index in [1.54, 1.807) is 6.08 Å². The molecule has 1 aliphatic carbocycles. The number of rotatable bonds is 2. The highest BCUT2D eigenvalue weighted by molar-refractivity contribution is 7.12. The van der Waals surface area contributed by atoms with Gasteiger partial charge in [0.05, 0.1) is 10.2 Å². The Morgan fingerprint density at radius 1 is 1.47 bits per heavy atom. The molecule has 1 heterocycles. The molecule has 74 valence electrons. The zero-order valence-corrected chi connectivity index (χ0v) is 8.62. The van der Waals surface area contributed by atoms with Gasteiger partial charge in [0.15, 0.2) is 0 Å². The first-order valence-corrected chi connectivity index (χ1v) is 5.43. The van der Waals surface area contributed by atoms with Crippen molar-refractivity contribution in [3.05, 3.63) is 23.8 Å². The minimum Gasteiger partial charge on any atom is -0.211 e. The number of hydrogen-bond acceptors (Lipinski definition) is 5. The summed E-state index contributed by atoms with van der Waals surface area (Å²) in [5.41, 5.74) is 1.62. The summed E-state index contributed by atoms with van der Waals surface area (Å²) in [7, 11) is 0. The number of isocyanates is 1. The number of carbonyl (C=O) groups excluding carboxylic acids is 1. The zero-order valence-electron chi connectivity index (χ0n) is 7.80. The van der Waals surface area contributed by atoms with Gasteiger partial charge in [-0.2, -0.15) is 4.99 Å². The second kappa shape index (κ2) is 2.95. The van der Waals surface area contributed by atoms with E-state index >= 15 is 0 Å². The number of aromatic nitrogens is 2. The molecule has 0 aliphatic heterocycles. The van der Waals surface area contributed by atoms with E-state index in [0.29, 0.717) is 0 Å². The molecule has 4 nitrogen and oxygen atoms in total. The first kappa shape index (κ1) is 8.71. The Morgan fingerprint density at radius 2 is 2.33 bits per heavy atom. The Kier molecular flexibility index (Phi) is 1.71. The average Bonchev–Trinajstić information content (AvgIpc) is 2.89. The van der Waals surface area contributed by atoms with E-state index < -0.39 is 0 Å². The predicted octanol–water partition coefficient (Wildman–Crippen LogP) is 2.02. The molecule has 3 rings (SSSR count). The van der Waals surface area contributed by atoms with Gasteiger partial charge < -0.3 is 0 Å². The van der Waals surface area contributed by atoms with Gasteiger partial charge in [-0.15, -0.1) is 5.10 Å². The van der Waals surface area contributed by atoms with Crippen LogP contribution in [0.4, 0.5) is 0 Å². The van der Waals surface area contributed by atoms with Crippen LogP contribution in [0.1, 0.15) is 18.4 Å². The van der Waals surface area contributed by atoms with Crippen LogP contribution in [-0.2, 0) is 10.3 Å². The van der Waals surface area contributed by atoms with Crippen molar-refractivity contribution in [3.63, 3.8) is 0 Å². The number of nitrogens with zero attached hydrogens (tertiary/aromatic N) is 3. The van der Waals surface area contributed by atoms with Crippen molar-refractivity contribution in [2.75, 3.05) is 0 Å². The molecule has 0 unspecified atom stereocenters. The molecule has 15 heavy (non-hydrogen) atoms.